The first-order chi connectivity index (χ1) is 12.1. The highest BCUT2D eigenvalue weighted by Gasteiger charge is 2.20. The average Bonchev–Trinajstić information content (AvgIpc) is 3.09. The minimum Gasteiger partial charge on any atom is -0.454 e. The van der Waals surface area contributed by atoms with Gasteiger partial charge in [0, 0.05) is 16.6 Å². The van der Waals surface area contributed by atoms with Gasteiger partial charge in [-0.2, -0.15) is 0 Å². The van der Waals surface area contributed by atoms with E-state index in [9.17, 15) is 9.59 Å². The van der Waals surface area contributed by atoms with Crippen LogP contribution < -0.4 is 14.8 Å². The van der Waals surface area contributed by atoms with Crippen molar-refractivity contribution < 1.29 is 23.8 Å². The average molecular weight is 359 g/mol. The molecule has 2 aromatic carbocycles. The Labute approximate surface area is 149 Å². The van der Waals surface area contributed by atoms with Gasteiger partial charge in [0.1, 0.15) is 0 Å². The molecule has 130 valence electrons. The standard InChI is InChI=1S/C18H17NO5S/c1-11(24-18(21)12-3-6-14(25-2)7-4-12)17(20)19-13-5-8-15-16(9-13)23-10-22-15/h3-9,11H,10H2,1-2H3,(H,19,20)/t11-/m1/s1. The van der Waals surface area contributed by atoms with Gasteiger partial charge in [0.05, 0.1) is 5.56 Å². The van der Waals surface area contributed by atoms with Crippen LogP contribution in [0.3, 0.4) is 0 Å². The first kappa shape index (κ1) is 17.2. The summed E-state index contributed by atoms with van der Waals surface area (Å²) in [5.74, 6) is 0.233. The van der Waals surface area contributed by atoms with Crippen LogP contribution in [0, 0.1) is 0 Å². The third-order valence-electron chi connectivity index (χ3n) is 3.62. The van der Waals surface area contributed by atoms with Crippen LogP contribution in [0.1, 0.15) is 17.3 Å². The molecule has 1 amide bonds. The zero-order valence-corrected chi connectivity index (χ0v) is 14.6. The van der Waals surface area contributed by atoms with Gasteiger partial charge in [0.2, 0.25) is 6.79 Å². The minimum absolute atomic E-state index is 0.163. The third kappa shape index (κ3) is 4.06. The summed E-state index contributed by atoms with van der Waals surface area (Å²) < 4.78 is 15.7. The predicted octanol–water partition coefficient (Wildman–Crippen LogP) is 3.32. The van der Waals surface area contributed by atoms with Crippen molar-refractivity contribution in [2.75, 3.05) is 18.4 Å². The molecule has 25 heavy (non-hydrogen) atoms. The second kappa shape index (κ2) is 7.48. The number of benzene rings is 2. The molecule has 6 nitrogen and oxygen atoms in total. The molecule has 0 bridgehead atoms. The van der Waals surface area contributed by atoms with Gasteiger partial charge >= 0.3 is 5.97 Å². The molecule has 7 heteroatoms. The topological polar surface area (TPSA) is 73.9 Å². The van der Waals surface area contributed by atoms with Gasteiger partial charge in [-0.15, -0.1) is 11.8 Å². The van der Waals surface area contributed by atoms with Gasteiger partial charge in [0.15, 0.2) is 17.6 Å². The van der Waals surface area contributed by atoms with Crippen LogP contribution in [0.25, 0.3) is 0 Å². The number of anilines is 1. The number of fused-ring (bicyclic) bond motifs is 1. The highest BCUT2D eigenvalue weighted by Crippen LogP contribution is 2.34. The molecular weight excluding hydrogens is 342 g/mol. The Morgan fingerprint density at radius 3 is 2.56 bits per heavy atom. The number of nitrogens with one attached hydrogen (secondary N) is 1. The molecule has 1 atom stereocenters. The molecule has 0 saturated carbocycles. The lowest BCUT2D eigenvalue weighted by Gasteiger charge is -2.14. The van der Waals surface area contributed by atoms with Crippen LogP contribution in [0.4, 0.5) is 5.69 Å². The van der Waals surface area contributed by atoms with Crippen molar-refractivity contribution in [1.82, 2.24) is 0 Å². The molecule has 0 aromatic heterocycles. The normalized spacial score (nSPS) is 13.2. The molecule has 1 aliphatic rings. The summed E-state index contributed by atoms with van der Waals surface area (Å²) in [4.78, 5) is 25.4. The van der Waals surface area contributed by atoms with E-state index in [2.05, 4.69) is 5.32 Å². The van der Waals surface area contributed by atoms with Crippen LogP contribution in [-0.4, -0.2) is 31.0 Å². The van der Waals surface area contributed by atoms with Gasteiger partial charge in [-0.3, -0.25) is 4.79 Å². The molecule has 0 spiro atoms. The molecule has 1 heterocycles. The lowest BCUT2D eigenvalue weighted by atomic mass is 10.2. The molecular formula is C18H17NO5S. The number of ether oxygens (including phenoxy) is 3. The van der Waals surface area contributed by atoms with Crippen LogP contribution in [-0.2, 0) is 9.53 Å². The number of carbonyl (C=O) groups excluding carboxylic acids is 2. The maximum Gasteiger partial charge on any atom is 0.338 e. The Morgan fingerprint density at radius 1 is 1.12 bits per heavy atom. The SMILES string of the molecule is CSc1ccc(C(=O)O[C@H](C)C(=O)Nc2ccc3c(c2)OCO3)cc1. The Balaban J connectivity index is 1.59. The monoisotopic (exact) mass is 359 g/mol. The van der Waals surface area contributed by atoms with E-state index in [1.54, 1.807) is 42.1 Å². The van der Waals surface area contributed by atoms with Gasteiger partial charge < -0.3 is 19.5 Å². The Hall–Kier alpha value is -2.67. The molecule has 0 unspecified atom stereocenters. The number of thioether (sulfide) groups is 1. The zero-order valence-electron chi connectivity index (χ0n) is 13.8. The van der Waals surface area contributed by atoms with Crippen molar-refractivity contribution in [2.45, 2.75) is 17.9 Å². The van der Waals surface area contributed by atoms with E-state index in [0.717, 1.165) is 4.90 Å². The smallest absolute Gasteiger partial charge is 0.338 e. The summed E-state index contributed by atoms with van der Waals surface area (Å²) in [5, 5.41) is 2.69. The Morgan fingerprint density at radius 2 is 1.84 bits per heavy atom. The van der Waals surface area contributed by atoms with E-state index in [-0.39, 0.29) is 6.79 Å². The summed E-state index contributed by atoms with van der Waals surface area (Å²) in [6.07, 6.45) is 1.02. The maximum absolute atomic E-state index is 12.2. The van der Waals surface area contributed by atoms with Crippen molar-refractivity contribution >= 4 is 29.3 Å². The molecule has 0 radical (unpaired) electrons. The van der Waals surface area contributed by atoms with Crippen LogP contribution in [0.2, 0.25) is 0 Å². The highest BCUT2D eigenvalue weighted by molar-refractivity contribution is 7.98. The molecule has 0 fully saturated rings. The highest BCUT2D eigenvalue weighted by atomic mass is 32.2. The first-order valence-electron chi connectivity index (χ1n) is 7.62. The summed E-state index contributed by atoms with van der Waals surface area (Å²) in [7, 11) is 0. The Kier molecular flexibility index (Phi) is 5.14. The number of carbonyl (C=O) groups is 2. The quantitative estimate of drug-likeness (QED) is 0.652. The fourth-order valence-electron chi connectivity index (χ4n) is 2.23. The number of hydrogen-bond donors (Lipinski definition) is 1. The number of esters is 1. The van der Waals surface area contributed by atoms with Crippen molar-refractivity contribution in [1.29, 1.82) is 0 Å². The minimum atomic E-state index is -0.932. The van der Waals surface area contributed by atoms with Gasteiger partial charge in [-0.05, 0) is 49.6 Å². The molecule has 0 saturated heterocycles. The van der Waals surface area contributed by atoms with E-state index in [1.165, 1.54) is 6.92 Å². The number of amides is 1. The molecule has 0 aliphatic carbocycles. The lowest BCUT2D eigenvalue weighted by Crippen LogP contribution is -2.30. The summed E-state index contributed by atoms with van der Waals surface area (Å²) in [6.45, 7) is 1.69. The fraction of sp³-hybridized carbons (Fsp3) is 0.222. The molecule has 3 rings (SSSR count). The van der Waals surface area contributed by atoms with E-state index < -0.39 is 18.0 Å². The zero-order chi connectivity index (χ0) is 17.8. The second-order valence-electron chi connectivity index (χ2n) is 5.33. The van der Waals surface area contributed by atoms with Gasteiger partial charge in [-0.25, -0.2) is 4.79 Å². The van der Waals surface area contributed by atoms with Crippen molar-refractivity contribution in [3.8, 4) is 11.5 Å². The van der Waals surface area contributed by atoms with Crippen molar-refractivity contribution in [3.05, 3.63) is 48.0 Å². The second-order valence-corrected chi connectivity index (χ2v) is 6.21. The largest absolute Gasteiger partial charge is 0.454 e. The Bertz CT molecular complexity index is 791. The van der Waals surface area contributed by atoms with Gasteiger partial charge in [-0.1, -0.05) is 0 Å². The van der Waals surface area contributed by atoms with E-state index in [4.69, 9.17) is 14.2 Å². The van der Waals surface area contributed by atoms with E-state index >= 15 is 0 Å². The van der Waals surface area contributed by atoms with Crippen molar-refractivity contribution in [2.24, 2.45) is 0 Å². The molecule has 1 aliphatic heterocycles. The maximum atomic E-state index is 12.2. The third-order valence-corrected chi connectivity index (χ3v) is 4.36. The number of rotatable bonds is 5. The van der Waals surface area contributed by atoms with Crippen LogP contribution in [0.15, 0.2) is 47.4 Å². The summed E-state index contributed by atoms with van der Waals surface area (Å²) in [6, 6.07) is 12.1. The van der Waals surface area contributed by atoms with E-state index in [0.29, 0.717) is 22.7 Å². The summed E-state index contributed by atoms with van der Waals surface area (Å²) >= 11 is 1.58. The number of hydrogen-bond acceptors (Lipinski definition) is 6. The fourth-order valence-corrected chi connectivity index (χ4v) is 2.64. The lowest BCUT2D eigenvalue weighted by molar-refractivity contribution is -0.123. The van der Waals surface area contributed by atoms with Gasteiger partial charge in [0.25, 0.3) is 5.91 Å². The molecule has 1 N–H and O–H groups in total. The van der Waals surface area contributed by atoms with Crippen molar-refractivity contribution in [3.63, 3.8) is 0 Å². The first-order valence-corrected chi connectivity index (χ1v) is 8.85. The van der Waals surface area contributed by atoms with Crippen LogP contribution in [0.5, 0.6) is 11.5 Å². The predicted molar refractivity (Wildman–Crippen MR) is 94.3 cm³/mol. The summed E-state index contributed by atoms with van der Waals surface area (Å²) in [5.41, 5.74) is 0.946. The molecule has 2 aromatic rings. The van der Waals surface area contributed by atoms with Crippen LogP contribution >= 0.6 is 11.8 Å². The van der Waals surface area contributed by atoms with E-state index in [1.807, 2.05) is 18.4 Å².